The van der Waals surface area contributed by atoms with Crippen LogP contribution in [0.4, 0.5) is 0 Å². The number of hydrogen-bond acceptors (Lipinski definition) is 4. The highest BCUT2D eigenvalue weighted by Gasteiger charge is 2.34. The predicted molar refractivity (Wildman–Crippen MR) is 87.2 cm³/mol. The Bertz CT molecular complexity index is 756. The van der Waals surface area contributed by atoms with Crippen LogP contribution in [-0.4, -0.2) is 54.7 Å². The summed E-state index contributed by atoms with van der Waals surface area (Å²) in [6.07, 6.45) is 3.66. The van der Waals surface area contributed by atoms with Crippen LogP contribution in [0.3, 0.4) is 0 Å². The van der Waals surface area contributed by atoms with E-state index in [4.69, 9.17) is 0 Å². The Labute approximate surface area is 140 Å². The van der Waals surface area contributed by atoms with E-state index >= 15 is 0 Å². The molecule has 1 fully saturated rings. The molecule has 2 amide bonds. The van der Waals surface area contributed by atoms with E-state index in [0.29, 0.717) is 24.5 Å². The topological polar surface area (TPSA) is 87.1 Å². The first-order valence-corrected chi connectivity index (χ1v) is 7.95. The first kappa shape index (κ1) is 16.2. The van der Waals surface area contributed by atoms with Crippen molar-refractivity contribution in [2.45, 2.75) is 32.6 Å². The van der Waals surface area contributed by atoms with Crippen LogP contribution in [0, 0.1) is 0 Å². The van der Waals surface area contributed by atoms with Gasteiger partial charge in [0.25, 0.3) is 11.8 Å². The van der Waals surface area contributed by atoms with Crippen molar-refractivity contribution in [3.63, 3.8) is 0 Å². The summed E-state index contributed by atoms with van der Waals surface area (Å²) in [6, 6.07) is 1.81. The van der Waals surface area contributed by atoms with Gasteiger partial charge in [-0.3, -0.25) is 14.3 Å². The molecule has 0 aliphatic carbocycles. The summed E-state index contributed by atoms with van der Waals surface area (Å²) in [7, 11) is 1.75. The van der Waals surface area contributed by atoms with Crippen LogP contribution < -0.4 is 0 Å². The number of carbonyl (C=O) groups is 2. The van der Waals surface area contributed by atoms with Gasteiger partial charge in [-0.15, -0.1) is 0 Å². The molecule has 0 saturated carbocycles. The van der Waals surface area contributed by atoms with Gasteiger partial charge < -0.3 is 4.98 Å². The van der Waals surface area contributed by atoms with Crippen LogP contribution >= 0.6 is 0 Å². The number of aromatic nitrogens is 4. The molecular weight excluding hydrogens is 308 g/mol. The second kappa shape index (κ2) is 5.77. The first-order valence-electron chi connectivity index (χ1n) is 7.95. The number of H-pyrrole nitrogens is 1. The number of aryl methyl sites for hydroxylation is 1. The van der Waals surface area contributed by atoms with Gasteiger partial charge in [0.1, 0.15) is 11.4 Å². The van der Waals surface area contributed by atoms with Crippen molar-refractivity contribution in [3.8, 4) is 0 Å². The van der Waals surface area contributed by atoms with Crippen LogP contribution in [0.2, 0.25) is 0 Å². The van der Waals surface area contributed by atoms with Gasteiger partial charge in [0.15, 0.2) is 0 Å². The molecule has 128 valence electrons. The van der Waals surface area contributed by atoms with Crippen LogP contribution in [-0.2, 0) is 12.5 Å². The molecule has 8 nitrogen and oxygen atoms in total. The van der Waals surface area contributed by atoms with Crippen molar-refractivity contribution >= 4 is 11.8 Å². The number of nitrogens with one attached hydrogen (secondary N) is 1. The Morgan fingerprint density at radius 3 is 2.38 bits per heavy atom. The van der Waals surface area contributed by atoms with Gasteiger partial charge in [-0.2, -0.15) is 5.10 Å². The molecule has 1 saturated heterocycles. The van der Waals surface area contributed by atoms with E-state index in [9.17, 15) is 9.59 Å². The van der Waals surface area contributed by atoms with Crippen molar-refractivity contribution in [2.75, 3.05) is 13.1 Å². The van der Waals surface area contributed by atoms with Crippen LogP contribution in [0.5, 0.6) is 0 Å². The molecule has 24 heavy (non-hydrogen) atoms. The molecule has 2 aromatic heterocycles. The number of hydrogen-bond donors (Lipinski definition) is 1. The SMILES string of the molecule is Cn1nc(C(C)(C)C)cc1C(=O)N1CCCN1C(=O)c1cnc[nH]1. The molecule has 8 heteroatoms. The summed E-state index contributed by atoms with van der Waals surface area (Å²) in [6.45, 7) is 7.16. The quantitative estimate of drug-likeness (QED) is 0.900. The van der Waals surface area contributed by atoms with E-state index in [-0.39, 0.29) is 17.2 Å². The lowest BCUT2D eigenvalue weighted by Gasteiger charge is -2.27. The normalized spacial score (nSPS) is 15.2. The maximum Gasteiger partial charge on any atom is 0.290 e. The minimum atomic E-state index is -0.253. The number of rotatable bonds is 2. The minimum Gasteiger partial charge on any atom is -0.341 e. The van der Waals surface area contributed by atoms with Crippen molar-refractivity contribution in [2.24, 2.45) is 7.05 Å². The molecule has 0 spiro atoms. The van der Waals surface area contributed by atoms with Gasteiger partial charge in [-0.25, -0.2) is 15.0 Å². The zero-order chi connectivity index (χ0) is 17.5. The Morgan fingerprint density at radius 1 is 1.17 bits per heavy atom. The number of aromatic amines is 1. The van der Waals surface area contributed by atoms with Crippen molar-refractivity contribution < 1.29 is 9.59 Å². The number of nitrogens with zero attached hydrogens (tertiary/aromatic N) is 5. The molecule has 2 aromatic rings. The summed E-state index contributed by atoms with van der Waals surface area (Å²) < 4.78 is 1.58. The third-order valence-corrected chi connectivity index (χ3v) is 4.10. The summed E-state index contributed by atoms with van der Waals surface area (Å²) in [5.41, 5.74) is 1.55. The molecule has 1 aliphatic heterocycles. The highest BCUT2D eigenvalue weighted by molar-refractivity contribution is 5.97. The molecule has 0 unspecified atom stereocenters. The Kier molecular flexibility index (Phi) is 3.90. The Hall–Kier alpha value is -2.64. The number of carbonyl (C=O) groups excluding carboxylic acids is 2. The molecule has 0 radical (unpaired) electrons. The van der Waals surface area contributed by atoms with E-state index in [1.54, 1.807) is 17.8 Å². The second-order valence-corrected chi connectivity index (χ2v) is 6.96. The van der Waals surface area contributed by atoms with E-state index in [2.05, 4.69) is 15.1 Å². The maximum absolute atomic E-state index is 12.9. The van der Waals surface area contributed by atoms with E-state index in [0.717, 1.165) is 12.1 Å². The van der Waals surface area contributed by atoms with E-state index < -0.39 is 0 Å². The Balaban J connectivity index is 1.86. The monoisotopic (exact) mass is 330 g/mol. The highest BCUT2D eigenvalue weighted by Crippen LogP contribution is 2.23. The lowest BCUT2D eigenvalue weighted by atomic mass is 9.92. The standard InChI is InChI=1S/C16H22N6O2/c1-16(2,3)13-8-12(20(4)19-13)15(24)22-7-5-6-21(22)14(23)11-9-17-10-18-11/h8-10H,5-7H2,1-4H3,(H,17,18). The summed E-state index contributed by atoms with van der Waals surface area (Å²) in [5, 5.41) is 7.41. The smallest absolute Gasteiger partial charge is 0.290 e. The second-order valence-electron chi connectivity index (χ2n) is 6.96. The number of imidazole rings is 1. The maximum atomic E-state index is 12.9. The first-order chi connectivity index (χ1) is 11.3. The van der Waals surface area contributed by atoms with Gasteiger partial charge in [0, 0.05) is 25.6 Å². The lowest BCUT2D eigenvalue weighted by Crippen LogP contribution is -2.45. The predicted octanol–water partition coefficient (Wildman–Crippen LogP) is 1.34. The third-order valence-electron chi connectivity index (χ3n) is 4.10. The molecule has 0 aromatic carbocycles. The summed E-state index contributed by atoms with van der Waals surface area (Å²) in [4.78, 5) is 32.1. The van der Waals surface area contributed by atoms with Gasteiger partial charge in [-0.1, -0.05) is 20.8 Å². The molecular formula is C16H22N6O2. The lowest BCUT2D eigenvalue weighted by molar-refractivity contribution is 0.0176. The van der Waals surface area contributed by atoms with Gasteiger partial charge >= 0.3 is 0 Å². The molecule has 0 bridgehead atoms. The van der Waals surface area contributed by atoms with Crippen molar-refractivity contribution in [1.82, 2.24) is 29.8 Å². The van der Waals surface area contributed by atoms with Crippen LogP contribution in [0.1, 0.15) is 53.9 Å². The van der Waals surface area contributed by atoms with Crippen molar-refractivity contribution in [3.05, 3.63) is 35.7 Å². The molecule has 0 atom stereocenters. The fraction of sp³-hybridized carbons (Fsp3) is 0.500. The van der Waals surface area contributed by atoms with E-state index in [1.165, 1.54) is 22.5 Å². The fourth-order valence-electron chi connectivity index (χ4n) is 2.71. The van der Waals surface area contributed by atoms with Gasteiger partial charge in [0.05, 0.1) is 18.2 Å². The van der Waals surface area contributed by atoms with E-state index in [1.807, 2.05) is 20.8 Å². The molecule has 3 heterocycles. The number of amides is 2. The highest BCUT2D eigenvalue weighted by atomic mass is 16.2. The number of hydrazine groups is 1. The van der Waals surface area contributed by atoms with Gasteiger partial charge in [-0.05, 0) is 12.5 Å². The summed E-state index contributed by atoms with van der Waals surface area (Å²) in [5.74, 6) is -0.470. The fourth-order valence-corrected chi connectivity index (χ4v) is 2.71. The average Bonchev–Trinajstić information content (AvgIpc) is 3.25. The van der Waals surface area contributed by atoms with Crippen LogP contribution in [0.15, 0.2) is 18.6 Å². The Morgan fingerprint density at radius 2 is 1.83 bits per heavy atom. The largest absolute Gasteiger partial charge is 0.341 e. The van der Waals surface area contributed by atoms with Crippen LogP contribution in [0.25, 0.3) is 0 Å². The molecule has 3 rings (SSSR count). The zero-order valence-corrected chi connectivity index (χ0v) is 14.4. The summed E-state index contributed by atoms with van der Waals surface area (Å²) >= 11 is 0. The minimum absolute atomic E-state index is 0.146. The zero-order valence-electron chi connectivity index (χ0n) is 14.4. The third kappa shape index (κ3) is 2.79. The van der Waals surface area contributed by atoms with Gasteiger partial charge in [0.2, 0.25) is 0 Å². The van der Waals surface area contributed by atoms with Crippen molar-refractivity contribution in [1.29, 1.82) is 0 Å². The molecule has 1 aliphatic rings. The average molecular weight is 330 g/mol. The molecule has 1 N–H and O–H groups in total.